The minimum absolute atomic E-state index is 0. The molecule has 1 unspecified atom stereocenters. The number of nitrogens with zero attached hydrogens (tertiary/aromatic N) is 1. The molecule has 0 aliphatic carbocycles. The summed E-state index contributed by atoms with van der Waals surface area (Å²) in [6.07, 6.45) is 0.391. The van der Waals surface area contributed by atoms with Crippen LogP contribution in [0.4, 0.5) is 4.39 Å². The Labute approximate surface area is 156 Å². The van der Waals surface area contributed by atoms with E-state index in [1.807, 2.05) is 17.5 Å². The zero-order valence-electron chi connectivity index (χ0n) is 13.6. The van der Waals surface area contributed by atoms with Gasteiger partial charge in [0.25, 0.3) is 0 Å². The van der Waals surface area contributed by atoms with Crippen LogP contribution < -0.4 is 5.32 Å². The topological polar surface area (TPSA) is 49.4 Å². The van der Waals surface area contributed by atoms with Gasteiger partial charge in [-0.05, 0) is 29.1 Å². The van der Waals surface area contributed by atoms with Crippen LogP contribution in [-0.2, 0) is 4.79 Å². The van der Waals surface area contributed by atoms with Gasteiger partial charge in [-0.3, -0.25) is 9.59 Å². The molecule has 2 aromatic rings. The number of amides is 1. The molecule has 1 fully saturated rings. The molecule has 1 aliphatic heterocycles. The van der Waals surface area contributed by atoms with E-state index in [1.54, 1.807) is 17.0 Å². The van der Waals surface area contributed by atoms with Crippen molar-refractivity contribution in [1.29, 1.82) is 0 Å². The monoisotopic (exact) mass is 382 g/mol. The normalized spacial score (nSPS) is 17.0. The van der Waals surface area contributed by atoms with E-state index >= 15 is 0 Å². The van der Waals surface area contributed by atoms with Crippen molar-refractivity contribution in [3.05, 3.63) is 58.0 Å². The van der Waals surface area contributed by atoms with Crippen molar-refractivity contribution in [3.63, 3.8) is 0 Å². The number of benzene rings is 1. The van der Waals surface area contributed by atoms with E-state index in [9.17, 15) is 14.0 Å². The van der Waals surface area contributed by atoms with Crippen LogP contribution in [0, 0.1) is 5.82 Å². The molecular weight excluding hydrogens is 363 g/mol. The number of hydrogen-bond acceptors (Lipinski definition) is 4. The molecule has 134 valence electrons. The number of rotatable bonds is 5. The summed E-state index contributed by atoms with van der Waals surface area (Å²) in [6, 6.07) is 9.76. The molecule has 3 rings (SSSR count). The van der Waals surface area contributed by atoms with Crippen LogP contribution in [0.2, 0.25) is 0 Å². The molecule has 0 bridgehead atoms. The minimum Gasteiger partial charge on any atom is -0.333 e. The maximum absolute atomic E-state index is 13.5. The van der Waals surface area contributed by atoms with E-state index in [0.717, 1.165) is 5.56 Å². The highest BCUT2D eigenvalue weighted by Gasteiger charge is 2.28. The second kappa shape index (κ2) is 9.08. The second-order valence-electron chi connectivity index (χ2n) is 5.76. The Morgan fingerprint density at radius 3 is 2.80 bits per heavy atom. The molecule has 0 saturated carbocycles. The number of nitrogens with one attached hydrogen (secondary N) is 1. The zero-order valence-corrected chi connectivity index (χ0v) is 15.2. The first-order valence-electron chi connectivity index (χ1n) is 7.97. The highest BCUT2D eigenvalue weighted by molar-refractivity contribution is 7.12. The summed E-state index contributed by atoms with van der Waals surface area (Å²) in [4.78, 5) is 27.1. The summed E-state index contributed by atoms with van der Waals surface area (Å²) < 4.78 is 13.5. The van der Waals surface area contributed by atoms with E-state index in [0.29, 0.717) is 24.5 Å². The third kappa shape index (κ3) is 4.87. The molecule has 4 nitrogen and oxygen atoms in total. The number of carbonyl (C=O) groups excluding carboxylic acids is 2. The summed E-state index contributed by atoms with van der Waals surface area (Å²) in [7, 11) is 0. The van der Waals surface area contributed by atoms with Gasteiger partial charge in [-0.15, -0.1) is 23.7 Å². The van der Waals surface area contributed by atoms with Crippen molar-refractivity contribution in [2.24, 2.45) is 0 Å². The fourth-order valence-corrected chi connectivity index (χ4v) is 3.63. The third-order valence-electron chi connectivity index (χ3n) is 4.16. The van der Waals surface area contributed by atoms with Gasteiger partial charge in [0.1, 0.15) is 5.82 Å². The van der Waals surface area contributed by atoms with E-state index in [2.05, 4.69) is 5.32 Å². The lowest BCUT2D eigenvalue weighted by molar-refractivity contribution is -0.134. The Balaban J connectivity index is 0.00000225. The quantitative estimate of drug-likeness (QED) is 0.806. The average Bonchev–Trinajstić information content (AvgIpc) is 3.14. The van der Waals surface area contributed by atoms with Gasteiger partial charge in [0, 0.05) is 32.5 Å². The van der Waals surface area contributed by atoms with E-state index in [-0.39, 0.29) is 48.8 Å². The lowest BCUT2D eigenvalue weighted by Crippen LogP contribution is -2.48. The SMILES string of the molecule is Cl.O=C(CCC(=O)N1CCNCC1c1cccc(F)c1)c1cccs1. The first kappa shape index (κ1) is 19.6. The lowest BCUT2D eigenvalue weighted by atomic mass is 10.0. The fourth-order valence-electron chi connectivity index (χ4n) is 2.94. The number of Topliss-reactive ketones (excluding diaryl/α,β-unsaturated/α-hetero) is 1. The number of thiophene rings is 1. The van der Waals surface area contributed by atoms with Gasteiger partial charge in [-0.1, -0.05) is 18.2 Å². The van der Waals surface area contributed by atoms with E-state index in [4.69, 9.17) is 0 Å². The molecule has 1 aromatic carbocycles. The first-order chi connectivity index (χ1) is 11.6. The molecular formula is C18H20ClFN2O2S. The van der Waals surface area contributed by atoms with Crippen LogP contribution in [-0.4, -0.2) is 36.2 Å². The van der Waals surface area contributed by atoms with Crippen molar-refractivity contribution >= 4 is 35.4 Å². The molecule has 25 heavy (non-hydrogen) atoms. The first-order valence-corrected chi connectivity index (χ1v) is 8.85. The Hall–Kier alpha value is -1.76. The third-order valence-corrected chi connectivity index (χ3v) is 5.07. The highest BCUT2D eigenvalue weighted by Crippen LogP contribution is 2.24. The smallest absolute Gasteiger partial charge is 0.223 e. The lowest BCUT2D eigenvalue weighted by Gasteiger charge is -2.36. The maximum atomic E-state index is 13.5. The summed E-state index contributed by atoms with van der Waals surface area (Å²) in [5, 5.41) is 5.10. The Morgan fingerprint density at radius 2 is 2.08 bits per heavy atom. The van der Waals surface area contributed by atoms with Crippen molar-refractivity contribution in [2.45, 2.75) is 18.9 Å². The summed E-state index contributed by atoms with van der Waals surface area (Å²) in [5.74, 6) is -0.371. The molecule has 0 radical (unpaired) electrons. The van der Waals surface area contributed by atoms with Crippen LogP contribution in [0.25, 0.3) is 0 Å². The van der Waals surface area contributed by atoms with Gasteiger partial charge in [0.2, 0.25) is 5.91 Å². The number of halogens is 2. The standard InChI is InChI=1S/C18H19FN2O2S.ClH/c19-14-4-1-3-13(11-14)15-12-20-8-9-21(15)18(23)7-6-16(22)17-5-2-10-24-17;/h1-5,10-11,15,20H,6-9,12H2;1H. The Bertz CT molecular complexity index is 724. The van der Waals surface area contributed by atoms with Crippen molar-refractivity contribution in [3.8, 4) is 0 Å². The number of hydrogen-bond donors (Lipinski definition) is 1. The van der Waals surface area contributed by atoms with Gasteiger partial charge < -0.3 is 10.2 Å². The van der Waals surface area contributed by atoms with Crippen molar-refractivity contribution in [1.82, 2.24) is 10.2 Å². The molecule has 1 amide bonds. The van der Waals surface area contributed by atoms with Gasteiger partial charge in [-0.25, -0.2) is 4.39 Å². The van der Waals surface area contributed by atoms with Crippen LogP contribution in [0.1, 0.15) is 34.1 Å². The minimum atomic E-state index is -0.307. The number of carbonyl (C=O) groups is 2. The molecule has 1 aliphatic rings. The predicted molar refractivity (Wildman–Crippen MR) is 98.9 cm³/mol. The Morgan fingerprint density at radius 1 is 1.24 bits per heavy atom. The van der Waals surface area contributed by atoms with Crippen LogP contribution >= 0.6 is 23.7 Å². The van der Waals surface area contributed by atoms with E-state index < -0.39 is 0 Å². The van der Waals surface area contributed by atoms with Crippen LogP contribution in [0.15, 0.2) is 41.8 Å². The van der Waals surface area contributed by atoms with Crippen LogP contribution in [0.3, 0.4) is 0 Å². The second-order valence-corrected chi connectivity index (χ2v) is 6.71. The van der Waals surface area contributed by atoms with Gasteiger partial charge in [-0.2, -0.15) is 0 Å². The van der Waals surface area contributed by atoms with Crippen molar-refractivity contribution in [2.75, 3.05) is 19.6 Å². The molecule has 7 heteroatoms. The highest BCUT2D eigenvalue weighted by atomic mass is 35.5. The zero-order chi connectivity index (χ0) is 16.9. The van der Waals surface area contributed by atoms with Crippen LogP contribution in [0.5, 0.6) is 0 Å². The molecule has 1 N–H and O–H groups in total. The molecule has 1 aromatic heterocycles. The maximum Gasteiger partial charge on any atom is 0.223 e. The number of ketones is 1. The number of piperazine rings is 1. The van der Waals surface area contributed by atoms with Crippen molar-refractivity contribution < 1.29 is 14.0 Å². The van der Waals surface area contributed by atoms with Gasteiger partial charge in [0.05, 0.1) is 10.9 Å². The largest absolute Gasteiger partial charge is 0.333 e. The predicted octanol–water partition coefficient (Wildman–Crippen LogP) is 3.45. The summed E-state index contributed by atoms with van der Waals surface area (Å²) in [6.45, 7) is 1.86. The molecule has 2 heterocycles. The molecule has 1 saturated heterocycles. The molecule has 1 atom stereocenters. The van der Waals surface area contributed by atoms with E-state index in [1.165, 1.54) is 23.5 Å². The molecule has 0 spiro atoms. The van der Waals surface area contributed by atoms with Gasteiger partial charge >= 0.3 is 0 Å². The average molecular weight is 383 g/mol. The Kier molecular flexibility index (Phi) is 7.11. The fraction of sp³-hybridized carbons (Fsp3) is 0.333. The summed E-state index contributed by atoms with van der Waals surface area (Å²) in [5.41, 5.74) is 0.778. The summed E-state index contributed by atoms with van der Waals surface area (Å²) >= 11 is 1.39. The van der Waals surface area contributed by atoms with Gasteiger partial charge in [0.15, 0.2) is 5.78 Å².